The van der Waals surface area contributed by atoms with Crippen molar-refractivity contribution in [3.05, 3.63) is 42.2 Å². The van der Waals surface area contributed by atoms with Gasteiger partial charge in [-0.05, 0) is 30.3 Å². The Labute approximate surface area is 151 Å². The van der Waals surface area contributed by atoms with Crippen LogP contribution in [-0.4, -0.2) is 50.4 Å². The lowest BCUT2D eigenvalue weighted by molar-refractivity contribution is -0.116. The molecule has 0 fully saturated rings. The molecule has 0 atom stereocenters. The van der Waals surface area contributed by atoms with E-state index < -0.39 is 21.8 Å². The molecule has 10 heteroatoms. The Balaban J connectivity index is 2.04. The van der Waals surface area contributed by atoms with Crippen LogP contribution in [0.5, 0.6) is 5.75 Å². The number of anilines is 1. The number of primary sulfonamides is 1. The highest BCUT2D eigenvalue weighted by Crippen LogP contribution is 2.16. The molecular weight excluding hydrogens is 360 g/mol. The monoisotopic (exact) mass is 380 g/mol. The zero-order valence-corrected chi connectivity index (χ0v) is 15.4. The summed E-state index contributed by atoms with van der Waals surface area (Å²) in [4.78, 5) is 25.6. The van der Waals surface area contributed by atoms with Gasteiger partial charge in [0, 0.05) is 26.0 Å². The molecule has 1 aromatic carbocycles. The fraction of sp³-hybridized carbons (Fsp3) is 0.250. The molecular formula is C16H20N4O5S. The maximum atomic E-state index is 12.5. The number of sulfonamides is 1. The van der Waals surface area contributed by atoms with Crippen molar-refractivity contribution in [3.63, 3.8) is 0 Å². The van der Waals surface area contributed by atoms with Crippen LogP contribution in [0.3, 0.4) is 0 Å². The van der Waals surface area contributed by atoms with Crippen LogP contribution in [0.25, 0.3) is 0 Å². The third kappa shape index (κ3) is 4.61. The van der Waals surface area contributed by atoms with Crippen molar-refractivity contribution in [3.8, 4) is 5.75 Å². The van der Waals surface area contributed by atoms with Gasteiger partial charge in [-0.3, -0.25) is 9.59 Å². The minimum absolute atomic E-state index is 0.105. The van der Waals surface area contributed by atoms with Crippen molar-refractivity contribution in [2.24, 2.45) is 12.2 Å². The molecule has 0 saturated heterocycles. The lowest BCUT2D eigenvalue weighted by Gasteiger charge is -2.17. The van der Waals surface area contributed by atoms with Gasteiger partial charge < -0.3 is 19.5 Å². The Kier molecular flexibility index (Phi) is 5.68. The normalized spacial score (nSPS) is 11.1. The van der Waals surface area contributed by atoms with Gasteiger partial charge in [-0.1, -0.05) is 0 Å². The molecule has 1 aromatic heterocycles. The number of likely N-dealkylation sites (N-methyl/N-ethyl adjacent to an activating group) is 1. The molecule has 0 aliphatic heterocycles. The number of aromatic nitrogens is 1. The first-order valence-corrected chi connectivity index (χ1v) is 9.05. The molecule has 140 valence electrons. The summed E-state index contributed by atoms with van der Waals surface area (Å²) in [5, 5.41) is 7.73. The molecule has 0 bridgehead atoms. The molecule has 26 heavy (non-hydrogen) atoms. The first-order valence-electron chi connectivity index (χ1n) is 7.50. The molecule has 2 rings (SSSR count). The minimum Gasteiger partial charge on any atom is -0.497 e. The van der Waals surface area contributed by atoms with Crippen molar-refractivity contribution < 1.29 is 22.7 Å². The maximum absolute atomic E-state index is 12.5. The number of carbonyl (C=O) groups excluding carboxylic acids is 2. The molecule has 0 spiro atoms. The number of carbonyl (C=O) groups is 2. The summed E-state index contributed by atoms with van der Waals surface area (Å²) in [7, 11) is 0.591. The number of hydrogen-bond acceptors (Lipinski definition) is 5. The molecule has 0 aliphatic rings. The molecule has 9 nitrogen and oxygen atoms in total. The average Bonchev–Trinajstić information content (AvgIpc) is 2.96. The summed E-state index contributed by atoms with van der Waals surface area (Å²) in [5.74, 6) is -0.246. The van der Waals surface area contributed by atoms with E-state index in [1.54, 1.807) is 31.4 Å². The van der Waals surface area contributed by atoms with E-state index >= 15 is 0 Å². The highest BCUT2D eigenvalue weighted by molar-refractivity contribution is 7.89. The van der Waals surface area contributed by atoms with Crippen molar-refractivity contribution >= 4 is 27.5 Å². The lowest BCUT2D eigenvalue weighted by Crippen LogP contribution is -2.35. The number of ether oxygens (including phenoxy) is 1. The highest BCUT2D eigenvalue weighted by Gasteiger charge is 2.21. The van der Waals surface area contributed by atoms with Crippen LogP contribution >= 0.6 is 0 Å². The van der Waals surface area contributed by atoms with Gasteiger partial charge in [0.1, 0.15) is 16.3 Å². The van der Waals surface area contributed by atoms with E-state index in [2.05, 4.69) is 5.32 Å². The Bertz CT molecular complexity index is 919. The number of nitrogens with one attached hydrogen (secondary N) is 1. The molecule has 0 radical (unpaired) electrons. The van der Waals surface area contributed by atoms with Crippen molar-refractivity contribution in [2.75, 3.05) is 26.0 Å². The van der Waals surface area contributed by atoms with Crippen LogP contribution in [0.2, 0.25) is 0 Å². The smallest absolute Gasteiger partial charge is 0.270 e. The molecule has 1 heterocycles. The van der Waals surface area contributed by atoms with E-state index in [0.717, 1.165) is 0 Å². The molecule has 2 amide bonds. The van der Waals surface area contributed by atoms with Gasteiger partial charge in [0.25, 0.3) is 5.91 Å². The third-order valence-corrected chi connectivity index (χ3v) is 4.51. The average molecular weight is 380 g/mol. The topological polar surface area (TPSA) is 124 Å². The summed E-state index contributed by atoms with van der Waals surface area (Å²) >= 11 is 0. The van der Waals surface area contributed by atoms with Crippen LogP contribution < -0.4 is 15.2 Å². The first kappa shape index (κ1) is 19.5. The van der Waals surface area contributed by atoms with E-state index in [1.165, 1.54) is 35.8 Å². The molecule has 0 unspecified atom stereocenters. The Morgan fingerprint density at radius 3 is 2.38 bits per heavy atom. The van der Waals surface area contributed by atoms with Gasteiger partial charge in [0.05, 0.1) is 13.7 Å². The number of rotatable bonds is 6. The molecule has 0 aliphatic carbocycles. The van der Waals surface area contributed by atoms with Crippen LogP contribution in [0, 0.1) is 0 Å². The van der Waals surface area contributed by atoms with Gasteiger partial charge in [0.2, 0.25) is 15.9 Å². The van der Waals surface area contributed by atoms with Crippen LogP contribution in [0.4, 0.5) is 5.69 Å². The maximum Gasteiger partial charge on any atom is 0.270 e. The Hall–Kier alpha value is -2.85. The second-order valence-corrected chi connectivity index (χ2v) is 7.22. The van der Waals surface area contributed by atoms with Gasteiger partial charge in [-0.15, -0.1) is 0 Å². The number of methoxy groups -OCH3 is 1. The SMILES string of the molecule is COc1ccc(NC(=O)CN(C)C(=O)c2cc(S(N)(=O)=O)cn2C)cc1. The fourth-order valence-electron chi connectivity index (χ4n) is 2.26. The van der Waals surface area contributed by atoms with Crippen molar-refractivity contribution in [1.29, 1.82) is 0 Å². The van der Waals surface area contributed by atoms with E-state index in [9.17, 15) is 18.0 Å². The van der Waals surface area contributed by atoms with Crippen molar-refractivity contribution in [1.82, 2.24) is 9.47 Å². The molecule has 3 N–H and O–H groups in total. The predicted octanol–water partition coefficient (Wildman–Crippen LogP) is 0.392. The third-order valence-electron chi connectivity index (χ3n) is 3.63. The molecule has 0 saturated carbocycles. The van der Waals surface area contributed by atoms with Gasteiger partial charge in [0.15, 0.2) is 0 Å². The Morgan fingerprint density at radius 1 is 1.27 bits per heavy atom. The standard InChI is InChI=1S/C16H20N4O5S/c1-19-9-13(26(17,23)24)8-14(19)16(22)20(2)10-15(21)18-11-4-6-12(25-3)7-5-11/h4-9H,10H2,1-3H3,(H,18,21)(H2,17,23,24). The van der Waals surface area contributed by atoms with Gasteiger partial charge in [-0.2, -0.15) is 0 Å². The highest BCUT2D eigenvalue weighted by atomic mass is 32.2. The quantitative estimate of drug-likeness (QED) is 0.750. The summed E-state index contributed by atoms with van der Waals surface area (Å²) in [6.07, 6.45) is 1.24. The zero-order chi connectivity index (χ0) is 19.5. The second-order valence-electron chi connectivity index (χ2n) is 5.65. The van der Waals surface area contributed by atoms with Crippen LogP contribution in [0.1, 0.15) is 10.5 Å². The van der Waals surface area contributed by atoms with E-state index in [-0.39, 0.29) is 17.1 Å². The van der Waals surface area contributed by atoms with Gasteiger partial charge >= 0.3 is 0 Å². The summed E-state index contributed by atoms with van der Waals surface area (Å²) < 4.78 is 29.2. The number of hydrogen-bond donors (Lipinski definition) is 2. The number of nitrogens with two attached hydrogens (primary N) is 1. The first-order chi connectivity index (χ1) is 12.1. The summed E-state index contributed by atoms with van der Waals surface area (Å²) in [6, 6.07) is 7.92. The number of amides is 2. The lowest BCUT2D eigenvalue weighted by atomic mass is 10.3. The van der Waals surface area contributed by atoms with Crippen LogP contribution in [-0.2, 0) is 21.9 Å². The minimum atomic E-state index is -3.91. The number of nitrogens with zero attached hydrogens (tertiary/aromatic N) is 2. The van der Waals surface area contributed by atoms with E-state index in [4.69, 9.17) is 9.88 Å². The Morgan fingerprint density at radius 2 is 1.88 bits per heavy atom. The van der Waals surface area contributed by atoms with E-state index in [1.807, 2.05) is 0 Å². The molecule has 2 aromatic rings. The second kappa shape index (κ2) is 7.58. The summed E-state index contributed by atoms with van der Waals surface area (Å²) in [6.45, 7) is -0.208. The zero-order valence-electron chi connectivity index (χ0n) is 14.6. The number of aryl methyl sites for hydroxylation is 1. The largest absolute Gasteiger partial charge is 0.497 e. The summed E-state index contributed by atoms with van der Waals surface area (Å²) in [5.41, 5.74) is 0.667. The predicted molar refractivity (Wildman–Crippen MR) is 95.4 cm³/mol. The van der Waals surface area contributed by atoms with Crippen LogP contribution in [0.15, 0.2) is 41.4 Å². The van der Waals surface area contributed by atoms with E-state index in [0.29, 0.717) is 11.4 Å². The number of benzene rings is 1. The van der Waals surface area contributed by atoms with Crippen molar-refractivity contribution in [2.45, 2.75) is 4.90 Å². The fourth-order valence-corrected chi connectivity index (χ4v) is 2.84. The van der Waals surface area contributed by atoms with Gasteiger partial charge in [-0.25, -0.2) is 13.6 Å².